The number of aldehydes is 1. The molecule has 0 bridgehead atoms. The zero-order chi connectivity index (χ0) is 25.0. The van der Waals surface area contributed by atoms with Gasteiger partial charge in [-0.2, -0.15) is 0 Å². The van der Waals surface area contributed by atoms with E-state index in [0.29, 0.717) is 37.6 Å². The first-order chi connectivity index (χ1) is 16.8. The number of benzene rings is 1. The Morgan fingerprint density at radius 1 is 1.26 bits per heavy atom. The second-order valence-electron chi connectivity index (χ2n) is 8.94. The number of pyridine rings is 1. The van der Waals surface area contributed by atoms with Crippen LogP contribution in [-0.4, -0.2) is 68.0 Å². The summed E-state index contributed by atoms with van der Waals surface area (Å²) in [6, 6.07) is 11.1. The molecule has 0 spiro atoms. The monoisotopic (exact) mass is 518 g/mol. The molecule has 1 saturated heterocycles. The Bertz CT molecular complexity index is 1280. The van der Waals surface area contributed by atoms with Crippen LogP contribution in [0.5, 0.6) is 0 Å². The third kappa shape index (κ3) is 5.99. The normalized spacial score (nSPS) is 16.6. The van der Waals surface area contributed by atoms with Crippen molar-refractivity contribution in [3.8, 4) is 0 Å². The molecule has 0 amide bonds. The molecule has 3 aromatic rings. The molecule has 0 radical (unpaired) electrons. The lowest BCUT2D eigenvalue weighted by atomic mass is 10.1. The molecule has 1 fully saturated rings. The number of fused-ring (bicyclic) bond motifs is 1. The SMILES string of the molecule is CC(C)Nc1cccnc1N1CCN(c2cc3cc(NS(=O)(=O)CCCCl)ccc3[nH]2)C(C=O)C1. The number of H-pyrrole nitrogens is 1. The summed E-state index contributed by atoms with van der Waals surface area (Å²) in [7, 11) is -3.45. The van der Waals surface area contributed by atoms with Gasteiger partial charge < -0.3 is 24.9 Å². The number of hydrogen-bond donors (Lipinski definition) is 3. The van der Waals surface area contributed by atoms with E-state index >= 15 is 0 Å². The van der Waals surface area contributed by atoms with Crippen molar-refractivity contribution in [2.24, 2.45) is 0 Å². The highest BCUT2D eigenvalue weighted by molar-refractivity contribution is 7.92. The van der Waals surface area contributed by atoms with Gasteiger partial charge in [-0.3, -0.25) is 4.72 Å². The number of carbonyl (C=O) groups is 1. The number of rotatable bonds is 10. The van der Waals surface area contributed by atoms with Gasteiger partial charge in [-0.05, 0) is 56.7 Å². The van der Waals surface area contributed by atoms with Crippen molar-refractivity contribution in [1.29, 1.82) is 0 Å². The molecule has 1 aliphatic rings. The largest absolute Gasteiger partial charge is 0.380 e. The van der Waals surface area contributed by atoms with Crippen LogP contribution in [0.4, 0.5) is 23.0 Å². The zero-order valence-electron chi connectivity index (χ0n) is 19.9. The van der Waals surface area contributed by atoms with Gasteiger partial charge in [0.1, 0.15) is 18.1 Å². The van der Waals surface area contributed by atoms with E-state index in [1.807, 2.05) is 29.2 Å². The van der Waals surface area contributed by atoms with Gasteiger partial charge in [0.15, 0.2) is 5.82 Å². The Hall–Kier alpha value is -2.98. The minimum Gasteiger partial charge on any atom is -0.380 e. The van der Waals surface area contributed by atoms with Crippen LogP contribution in [0.15, 0.2) is 42.6 Å². The first kappa shape index (κ1) is 25.1. The van der Waals surface area contributed by atoms with Gasteiger partial charge in [-0.15, -0.1) is 11.6 Å². The second kappa shape index (κ2) is 10.7. The van der Waals surface area contributed by atoms with Gasteiger partial charge in [0, 0.05) is 54.3 Å². The minimum absolute atomic E-state index is 0.0249. The Balaban J connectivity index is 1.52. The fourth-order valence-electron chi connectivity index (χ4n) is 4.30. The maximum Gasteiger partial charge on any atom is 0.232 e. The Kier molecular flexibility index (Phi) is 7.71. The molecular formula is C24H31ClN6O3S. The highest BCUT2D eigenvalue weighted by Gasteiger charge is 2.29. The van der Waals surface area contributed by atoms with E-state index in [4.69, 9.17) is 11.6 Å². The third-order valence-corrected chi connectivity index (χ3v) is 7.48. The van der Waals surface area contributed by atoms with E-state index in [1.165, 1.54) is 0 Å². The van der Waals surface area contributed by atoms with E-state index in [9.17, 15) is 13.2 Å². The number of sulfonamides is 1. The highest BCUT2D eigenvalue weighted by Crippen LogP contribution is 2.30. The number of nitrogens with zero attached hydrogens (tertiary/aromatic N) is 3. The summed E-state index contributed by atoms with van der Waals surface area (Å²) in [5, 5.41) is 4.29. The van der Waals surface area contributed by atoms with Gasteiger partial charge in [0.05, 0.1) is 11.4 Å². The summed E-state index contributed by atoms with van der Waals surface area (Å²) < 4.78 is 27.0. The molecule has 35 heavy (non-hydrogen) atoms. The van der Waals surface area contributed by atoms with Crippen LogP contribution in [-0.2, 0) is 14.8 Å². The number of aromatic nitrogens is 2. The van der Waals surface area contributed by atoms with E-state index < -0.39 is 10.0 Å². The number of anilines is 4. The lowest BCUT2D eigenvalue weighted by Crippen LogP contribution is -2.54. The smallest absolute Gasteiger partial charge is 0.232 e. The molecule has 1 atom stereocenters. The lowest BCUT2D eigenvalue weighted by Gasteiger charge is -2.40. The van der Waals surface area contributed by atoms with Crippen LogP contribution in [0.25, 0.3) is 10.9 Å². The van der Waals surface area contributed by atoms with E-state index in [2.05, 4.69) is 38.8 Å². The predicted octanol–water partition coefficient (Wildman–Crippen LogP) is 3.65. The van der Waals surface area contributed by atoms with Crippen LogP contribution in [0.3, 0.4) is 0 Å². The molecule has 9 nitrogen and oxygen atoms in total. The van der Waals surface area contributed by atoms with Crippen molar-refractivity contribution in [1.82, 2.24) is 9.97 Å². The van der Waals surface area contributed by atoms with Crippen LogP contribution in [0.1, 0.15) is 20.3 Å². The highest BCUT2D eigenvalue weighted by atomic mass is 35.5. The Morgan fingerprint density at radius 2 is 2.09 bits per heavy atom. The number of hydrogen-bond acceptors (Lipinski definition) is 7. The van der Waals surface area contributed by atoms with Gasteiger partial charge in [0.25, 0.3) is 0 Å². The van der Waals surface area contributed by atoms with E-state index in [0.717, 1.165) is 34.5 Å². The summed E-state index contributed by atoms with van der Waals surface area (Å²) in [6.45, 7) is 6.00. The molecule has 1 aliphatic heterocycles. The summed E-state index contributed by atoms with van der Waals surface area (Å²) in [5.74, 6) is 1.93. The molecule has 11 heteroatoms. The lowest BCUT2D eigenvalue weighted by molar-refractivity contribution is -0.109. The molecule has 0 aliphatic carbocycles. The van der Waals surface area contributed by atoms with Crippen molar-refractivity contribution >= 4 is 61.8 Å². The summed E-state index contributed by atoms with van der Waals surface area (Å²) in [4.78, 5) is 24.2. The zero-order valence-corrected chi connectivity index (χ0v) is 21.4. The number of carbonyl (C=O) groups excluding carboxylic acids is 1. The molecule has 3 N–H and O–H groups in total. The molecule has 1 aromatic carbocycles. The Morgan fingerprint density at radius 3 is 2.83 bits per heavy atom. The summed E-state index contributed by atoms with van der Waals surface area (Å²) >= 11 is 5.62. The molecule has 188 valence electrons. The maximum atomic E-state index is 12.2. The van der Waals surface area contributed by atoms with Crippen molar-refractivity contribution in [3.63, 3.8) is 0 Å². The average molecular weight is 519 g/mol. The van der Waals surface area contributed by atoms with Crippen LogP contribution >= 0.6 is 11.6 Å². The van der Waals surface area contributed by atoms with Crippen LogP contribution < -0.4 is 19.8 Å². The average Bonchev–Trinajstić information content (AvgIpc) is 3.25. The van der Waals surface area contributed by atoms with Gasteiger partial charge in [0.2, 0.25) is 10.0 Å². The van der Waals surface area contributed by atoms with E-state index in [1.54, 1.807) is 18.3 Å². The fraction of sp³-hybridized carbons (Fsp3) is 0.417. The van der Waals surface area contributed by atoms with Crippen molar-refractivity contribution < 1.29 is 13.2 Å². The molecule has 1 unspecified atom stereocenters. The predicted molar refractivity (Wildman–Crippen MR) is 143 cm³/mol. The fourth-order valence-corrected chi connectivity index (χ4v) is 5.71. The van der Waals surface area contributed by atoms with Crippen LogP contribution in [0, 0.1) is 0 Å². The molecule has 2 aromatic heterocycles. The van der Waals surface area contributed by atoms with Crippen molar-refractivity contribution in [2.75, 3.05) is 51.1 Å². The standard InChI is InChI=1S/C24H31ClN6O3S/c1-17(2)27-22-5-3-9-26-24(22)30-10-11-31(20(15-30)16-32)23-14-18-13-19(6-7-21(18)28-23)29-35(33,34)12-4-8-25/h3,5-7,9,13-14,16-17,20,27-29H,4,8,10-12,15H2,1-2H3. The number of halogens is 1. The number of piperazine rings is 1. The topological polar surface area (TPSA) is 110 Å². The van der Waals surface area contributed by atoms with Gasteiger partial charge in [-0.25, -0.2) is 13.4 Å². The Labute approximate surface area is 210 Å². The molecule has 4 rings (SSSR count). The molecule has 3 heterocycles. The second-order valence-corrected chi connectivity index (χ2v) is 11.2. The molecular weight excluding hydrogens is 488 g/mol. The summed E-state index contributed by atoms with van der Waals surface area (Å²) in [5.41, 5.74) is 2.31. The minimum atomic E-state index is -3.45. The van der Waals surface area contributed by atoms with Gasteiger partial charge >= 0.3 is 0 Å². The third-order valence-electron chi connectivity index (χ3n) is 5.84. The first-order valence-electron chi connectivity index (χ1n) is 11.7. The van der Waals surface area contributed by atoms with E-state index in [-0.39, 0.29) is 17.8 Å². The maximum absolute atomic E-state index is 12.2. The molecule has 0 saturated carbocycles. The van der Waals surface area contributed by atoms with Crippen molar-refractivity contribution in [3.05, 3.63) is 42.6 Å². The number of alkyl halides is 1. The number of aromatic amines is 1. The van der Waals surface area contributed by atoms with Gasteiger partial charge in [-0.1, -0.05) is 0 Å². The quantitative estimate of drug-likeness (QED) is 0.277. The number of nitrogens with one attached hydrogen (secondary N) is 3. The first-order valence-corrected chi connectivity index (χ1v) is 13.9. The summed E-state index contributed by atoms with van der Waals surface area (Å²) in [6.07, 6.45) is 3.12. The van der Waals surface area contributed by atoms with Crippen LogP contribution in [0.2, 0.25) is 0 Å². The van der Waals surface area contributed by atoms with Crippen molar-refractivity contribution in [2.45, 2.75) is 32.4 Å².